The molecule has 0 aliphatic rings. The highest BCUT2D eigenvalue weighted by Crippen LogP contribution is 2.49. The Labute approximate surface area is 188 Å². The van der Waals surface area contributed by atoms with Crippen LogP contribution in [0.3, 0.4) is 0 Å². The van der Waals surface area contributed by atoms with Crippen molar-refractivity contribution in [2.24, 2.45) is 0 Å². The van der Waals surface area contributed by atoms with Crippen LogP contribution in [0.4, 0.5) is 0 Å². The lowest BCUT2D eigenvalue weighted by Crippen LogP contribution is -2.13. The van der Waals surface area contributed by atoms with E-state index in [9.17, 15) is 0 Å². The summed E-state index contributed by atoms with van der Waals surface area (Å²) < 4.78 is 0. The molecule has 0 bridgehead atoms. The van der Waals surface area contributed by atoms with Gasteiger partial charge in [-0.3, -0.25) is 0 Å². The van der Waals surface area contributed by atoms with Crippen LogP contribution < -0.4 is 0 Å². The number of fused-ring (bicyclic) bond motifs is 1. The molecule has 4 aromatic carbocycles. The van der Waals surface area contributed by atoms with Crippen LogP contribution in [0, 0.1) is 0 Å². The Balaban J connectivity index is 1.88. The largest absolute Gasteiger partial charge is 0.134 e. The Kier molecular flexibility index (Phi) is 5.00. The van der Waals surface area contributed by atoms with Gasteiger partial charge in [-0.2, -0.15) is 0 Å². The molecule has 0 atom stereocenters. The molecule has 0 saturated heterocycles. The zero-order valence-corrected chi connectivity index (χ0v) is 19.0. The molecule has 0 aliphatic carbocycles. The van der Waals surface area contributed by atoms with Crippen molar-refractivity contribution < 1.29 is 0 Å². The van der Waals surface area contributed by atoms with Gasteiger partial charge in [-0.1, -0.05) is 124 Å². The standard InChI is InChI=1S/C30H26S/c1-30(2,3)26-20-12-19-23(21-13-6-4-7-14-21)27(26)29-25-18-11-10-17-24(25)28(31-29)22-15-8-5-9-16-22/h4-20H,1-3H3. The zero-order valence-electron chi connectivity index (χ0n) is 18.2. The molecule has 0 aliphatic heterocycles. The molecule has 0 nitrogen and oxygen atoms in total. The van der Waals surface area contributed by atoms with Crippen LogP contribution in [0.2, 0.25) is 0 Å². The number of hydrogen-bond donors (Lipinski definition) is 0. The summed E-state index contributed by atoms with van der Waals surface area (Å²) in [6.07, 6.45) is 0. The number of thiophene rings is 1. The van der Waals surface area contributed by atoms with E-state index < -0.39 is 0 Å². The lowest BCUT2D eigenvalue weighted by atomic mass is 9.80. The predicted molar refractivity (Wildman–Crippen MR) is 137 cm³/mol. The van der Waals surface area contributed by atoms with Crippen molar-refractivity contribution >= 4 is 22.1 Å². The normalized spacial score (nSPS) is 11.7. The van der Waals surface area contributed by atoms with Gasteiger partial charge >= 0.3 is 0 Å². The molecule has 5 rings (SSSR count). The first-order valence-corrected chi connectivity index (χ1v) is 11.6. The van der Waals surface area contributed by atoms with Gasteiger partial charge in [0.1, 0.15) is 0 Å². The molecule has 0 radical (unpaired) electrons. The second-order valence-electron chi connectivity index (χ2n) is 9.02. The minimum atomic E-state index is 0.0398. The molecule has 0 saturated carbocycles. The maximum absolute atomic E-state index is 2.31. The lowest BCUT2D eigenvalue weighted by molar-refractivity contribution is 0.592. The highest BCUT2D eigenvalue weighted by molar-refractivity contribution is 7.21. The number of benzene rings is 4. The summed E-state index contributed by atoms with van der Waals surface area (Å²) in [6, 6.07) is 37.2. The van der Waals surface area contributed by atoms with Gasteiger partial charge in [-0.05, 0) is 27.7 Å². The molecule has 1 heteroatoms. The van der Waals surface area contributed by atoms with Crippen LogP contribution in [0.15, 0.2) is 103 Å². The van der Waals surface area contributed by atoms with E-state index >= 15 is 0 Å². The molecule has 152 valence electrons. The minimum absolute atomic E-state index is 0.0398. The molecule has 0 N–H and O–H groups in total. The summed E-state index contributed by atoms with van der Waals surface area (Å²) in [5, 5.41) is 2.66. The van der Waals surface area contributed by atoms with Crippen LogP contribution >= 0.6 is 11.3 Å². The first kappa shape index (κ1) is 19.8. The van der Waals surface area contributed by atoms with Crippen LogP contribution in [-0.2, 0) is 5.41 Å². The van der Waals surface area contributed by atoms with E-state index in [0.717, 1.165) is 0 Å². The van der Waals surface area contributed by atoms with Gasteiger partial charge in [0, 0.05) is 26.1 Å². The molecule has 31 heavy (non-hydrogen) atoms. The average molecular weight is 419 g/mol. The third-order valence-electron chi connectivity index (χ3n) is 5.84. The second kappa shape index (κ2) is 7.83. The fourth-order valence-electron chi connectivity index (χ4n) is 4.36. The van der Waals surface area contributed by atoms with E-state index in [2.05, 4.69) is 124 Å². The topological polar surface area (TPSA) is 0 Å². The molecule has 1 aromatic heterocycles. The Bertz CT molecular complexity index is 1340. The molecule has 0 unspecified atom stereocenters. The maximum Gasteiger partial charge on any atom is 0.0437 e. The molecular formula is C30H26S. The average Bonchev–Trinajstić information content (AvgIpc) is 3.19. The molecule has 0 amide bonds. The van der Waals surface area contributed by atoms with E-state index in [1.165, 1.54) is 48.3 Å². The highest BCUT2D eigenvalue weighted by atomic mass is 32.1. The van der Waals surface area contributed by atoms with Gasteiger partial charge in [0.2, 0.25) is 0 Å². The van der Waals surface area contributed by atoms with Gasteiger partial charge in [-0.25, -0.2) is 0 Å². The molecule has 5 aromatic rings. The Morgan fingerprint density at radius 1 is 0.516 bits per heavy atom. The zero-order chi connectivity index (χ0) is 21.4. The second-order valence-corrected chi connectivity index (χ2v) is 10.0. The maximum atomic E-state index is 2.31. The van der Waals surface area contributed by atoms with Gasteiger partial charge < -0.3 is 0 Å². The van der Waals surface area contributed by atoms with E-state index in [1.54, 1.807) is 0 Å². The summed E-state index contributed by atoms with van der Waals surface area (Å²) in [5.74, 6) is 0. The first-order chi connectivity index (χ1) is 15.0. The smallest absolute Gasteiger partial charge is 0.0437 e. The molecule has 0 fully saturated rings. The third-order valence-corrected chi connectivity index (χ3v) is 7.13. The van der Waals surface area contributed by atoms with Crippen molar-refractivity contribution in [3.05, 3.63) is 109 Å². The molecule has 1 heterocycles. The first-order valence-electron chi connectivity index (χ1n) is 10.8. The van der Waals surface area contributed by atoms with Crippen molar-refractivity contribution in [1.29, 1.82) is 0 Å². The van der Waals surface area contributed by atoms with E-state index in [-0.39, 0.29) is 5.41 Å². The van der Waals surface area contributed by atoms with E-state index in [1.807, 2.05) is 11.3 Å². The van der Waals surface area contributed by atoms with Crippen molar-refractivity contribution in [2.45, 2.75) is 26.2 Å². The monoisotopic (exact) mass is 418 g/mol. The van der Waals surface area contributed by atoms with Crippen molar-refractivity contribution in [3.8, 4) is 32.0 Å². The van der Waals surface area contributed by atoms with Crippen molar-refractivity contribution in [3.63, 3.8) is 0 Å². The van der Waals surface area contributed by atoms with Gasteiger partial charge in [0.15, 0.2) is 0 Å². The van der Waals surface area contributed by atoms with Crippen LogP contribution in [0.1, 0.15) is 26.3 Å². The van der Waals surface area contributed by atoms with Gasteiger partial charge in [0.05, 0.1) is 0 Å². The fraction of sp³-hybridized carbons (Fsp3) is 0.133. The summed E-state index contributed by atoms with van der Waals surface area (Å²) in [5.41, 5.74) is 6.65. The summed E-state index contributed by atoms with van der Waals surface area (Å²) in [4.78, 5) is 2.70. The van der Waals surface area contributed by atoms with Crippen LogP contribution in [0.25, 0.3) is 42.8 Å². The van der Waals surface area contributed by atoms with E-state index in [4.69, 9.17) is 0 Å². The lowest BCUT2D eigenvalue weighted by Gasteiger charge is -2.25. The predicted octanol–water partition coefficient (Wildman–Crippen LogP) is 9.20. The van der Waals surface area contributed by atoms with Gasteiger partial charge in [-0.15, -0.1) is 11.3 Å². The number of rotatable bonds is 3. The Morgan fingerprint density at radius 3 is 1.68 bits per heavy atom. The fourth-order valence-corrected chi connectivity index (χ4v) is 5.72. The quantitative estimate of drug-likeness (QED) is 0.274. The van der Waals surface area contributed by atoms with Crippen molar-refractivity contribution in [2.75, 3.05) is 0 Å². The van der Waals surface area contributed by atoms with E-state index in [0.29, 0.717) is 0 Å². The summed E-state index contributed by atoms with van der Waals surface area (Å²) in [6.45, 7) is 6.94. The number of hydrogen-bond acceptors (Lipinski definition) is 1. The van der Waals surface area contributed by atoms with Crippen LogP contribution in [-0.4, -0.2) is 0 Å². The molecule has 0 spiro atoms. The molecular weight excluding hydrogens is 392 g/mol. The summed E-state index contributed by atoms with van der Waals surface area (Å²) in [7, 11) is 0. The highest BCUT2D eigenvalue weighted by Gasteiger charge is 2.25. The van der Waals surface area contributed by atoms with Crippen LogP contribution in [0.5, 0.6) is 0 Å². The minimum Gasteiger partial charge on any atom is -0.134 e. The third kappa shape index (κ3) is 3.60. The Hall–Kier alpha value is -3.16. The Morgan fingerprint density at radius 2 is 1.06 bits per heavy atom. The van der Waals surface area contributed by atoms with Crippen molar-refractivity contribution in [1.82, 2.24) is 0 Å². The summed E-state index contributed by atoms with van der Waals surface area (Å²) >= 11 is 1.92. The SMILES string of the molecule is CC(C)(C)c1cccc(-c2ccccc2)c1-c1sc(-c2ccccc2)c2ccccc12. The van der Waals surface area contributed by atoms with Gasteiger partial charge in [0.25, 0.3) is 0 Å².